The Morgan fingerprint density at radius 2 is 2.25 bits per heavy atom. The molecular formula is C10H6ClFN4. The average Bonchev–Trinajstić information content (AvgIpc) is 2.64. The van der Waals surface area contributed by atoms with E-state index in [4.69, 9.17) is 11.6 Å². The van der Waals surface area contributed by atoms with Crippen molar-refractivity contribution in [2.24, 2.45) is 4.99 Å². The molecule has 4 nitrogen and oxygen atoms in total. The summed E-state index contributed by atoms with van der Waals surface area (Å²) >= 11 is 5.94. The van der Waals surface area contributed by atoms with Gasteiger partial charge in [-0.3, -0.25) is 0 Å². The summed E-state index contributed by atoms with van der Waals surface area (Å²) in [6, 6.07) is 4.35. The molecule has 0 bridgehead atoms. The van der Waals surface area contributed by atoms with Crippen molar-refractivity contribution in [3.8, 4) is 11.3 Å². The summed E-state index contributed by atoms with van der Waals surface area (Å²) in [5.41, 5.74) is 2.00. The van der Waals surface area contributed by atoms with Crippen LogP contribution in [0.1, 0.15) is 0 Å². The van der Waals surface area contributed by atoms with Crippen molar-refractivity contribution in [1.29, 1.82) is 0 Å². The SMILES string of the molecule is Fc1ccc2c(c1)-c1cnnn1CC(Cl)=N2. The molecule has 3 rings (SSSR count). The van der Waals surface area contributed by atoms with Gasteiger partial charge in [-0.25, -0.2) is 14.1 Å². The van der Waals surface area contributed by atoms with E-state index >= 15 is 0 Å². The second-order valence-electron chi connectivity index (χ2n) is 3.43. The number of nitrogens with zero attached hydrogens (tertiary/aromatic N) is 4. The van der Waals surface area contributed by atoms with Gasteiger partial charge in [0.1, 0.15) is 11.0 Å². The van der Waals surface area contributed by atoms with E-state index in [-0.39, 0.29) is 5.82 Å². The van der Waals surface area contributed by atoms with Gasteiger partial charge >= 0.3 is 0 Å². The normalized spacial score (nSPS) is 13.8. The maximum absolute atomic E-state index is 13.2. The van der Waals surface area contributed by atoms with Gasteiger partial charge in [-0.05, 0) is 18.2 Å². The Balaban J connectivity index is 2.34. The van der Waals surface area contributed by atoms with Gasteiger partial charge in [0.15, 0.2) is 0 Å². The Bertz CT molecular complexity index is 590. The van der Waals surface area contributed by atoms with Crippen molar-refractivity contribution >= 4 is 22.5 Å². The predicted molar refractivity (Wildman–Crippen MR) is 58.4 cm³/mol. The van der Waals surface area contributed by atoms with E-state index in [1.165, 1.54) is 12.1 Å². The summed E-state index contributed by atoms with van der Waals surface area (Å²) in [7, 11) is 0. The van der Waals surface area contributed by atoms with Crippen molar-refractivity contribution in [2.75, 3.05) is 0 Å². The average molecular weight is 237 g/mol. The summed E-state index contributed by atoms with van der Waals surface area (Å²) < 4.78 is 14.8. The zero-order chi connectivity index (χ0) is 11.1. The van der Waals surface area contributed by atoms with Gasteiger partial charge in [0.2, 0.25) is 0 Å². The van der Waals surface area contributed by atoms with E-state index in [2.05, 4.69) is 15.3 Å². The maximum atomic E-state index is 13.2. The molecule has 0 atom stereocenters. The van der Waals surface area contributed by atoms with Crippen molar-refractivity contribution in [3.63, 3.8) is 0 Å². The number of aromatic nitrogens is 3. The third kappa shape index (κ3) is 1.40. The van der Waals surface area contributed by atoms with Gasteiger partial charge in [0.25, 0.3) is 0 Å². The number of benzene rings is 1. The lowest BCUT2D eigenvalue weighted by Gasteiger charge is -2.02. The second kappa shape index (κ2) is 3.38. The summed E-state index contributed by atoms with van der Waals surface area (Å²) in [6.45, 7) is 0.354. The van der Waals surface area contributed by atoms with Crippen LogP contribution < -0.4 is 0 Å². The first-order valence-electron chi connectivity index (χ1n) is 4.65. The number of hydrogen-bond donors (Lipinski definition) is 0. The van der Waals surface area contributed by atoms with Crippen LogP contribution in [0.5, 0.6) is 0 Å². The highest BCUT2D eigenvalue weighted by Gasteiger charge is 2.17. The molecule has 1 aromatic heterocycles. The Morgan fingerprint density at radius 1 is 1.38 bits per heavy atom. The minimum Gasteiger partial charge on any atom is -0.239 e. The minimum atomic E-state index is -0.320. The first-order valence-corrected chi connectivity index (χ1v) is 5.03. The van der Waals surface area contributed by atoms with Gasteiger partial charge < -0.3 is 0 Å². The second-order valence-corrected chi connectivity index (χ2v) is 3.86. The first kappa shape index (κ1) is 9.47. The molecule has 1 aliphatic rings. The number of halogens is 2. The highest BCUT2D eigenvalue weighted by atomic mass is 35.5. The Labute approximate surface area is 95.4 Å². The van der Waals surface area contributed by atoms with E-state index in [9.17, 15) is 4.39 Å². The fourth-order valence-electron chi connectivity index (χ4n) is 1.68. The number of rotatable bonds is 0. The molecule has 0 radical (unpaired) electrons. The summed E-state index contributed by atoms with van der Waals surface area (Å²) in [5.74, 6) is -0.320. The van der Waals surface area contributed by atoms with Crippen LogP contribution >= 0.6 is 11.6 Å². The third-order valence-electron chi connectivity index (χ3n) is 2.37. The molecule has 80 valence electrons. The van der Waals surface area contributed by atoms with Crippen LogP contribution in [0.15, 0.2) is 29.4 Å². The first-order chi connectivity index (χ1) is 7.74. The quantitative estimate of drug-likeness (QED) is 0.705. The molecule has 0 fully saturated rings. The zero-order valence-corrected chi connectivity index (χ0v) is 8.82. The topological polar surface area (TPSA) is 43.1 Å². The highest BCUT2D eigenvalue weighted by molar-refractivity contribution is 6.65. The van der Waals surface area contributed by atoms with E-state index in [1.807, 2.05) is 0 Å². The lowest BCUT2D eigenvalue weighted by atomic mass is 10.1. The van der Waals surface area contributed by atoms with Gasteiger partial charge in [-0.1, -0.05) is 16.8 Å². The standard InChI is InChI=1S/C10H6ClFN4/c11-10-5-16-9(4-13-15-16)7-3-6(12)1-2-8(7)14-10/h1-4H,5H2. The number of hydrogen-bond acceptors (Lipinski definition) is 3. The van der Waals surface area contributed by atoms with E-state index in [1.54, 1.807) is 16.9 Å². The van der Waals surface area contributed by atoms with Crippen LogP contribution in [0, 0.1) is 5.82 Å². The fraction of sp³-hybridized carbons (Fsp3) is 0.100. The van der Waals surface area contributed by atoms with Gasteiger partial charge in [0.05, 0.1) is 24.1 Å². The van der Waals surface area contributed by atoms with Gasteiger partial charge in [0, 0.05) is 5.56 Å². The third-order valence-corrected chi connectivity index (χ3v) is 2.58. The lowest BCUT2D eigenvalue weighted by Crippen LogP contribution is -2.06. The molecule has 0 amide bonds. The van der Waals surface area contributed by atoms with E-state index < -0.39 is 0 Å². The molecule has 1 aromatic carbocycles. The molecule has 0 N–H and O–H groups in total. The molecule has 0 unspecified atom stereocenters. The molecule has 0 saturated heterocycles. The van der Waals surface area contributed by atoms with Gasteiger partial charge in [-0.15, -0.1) is 5.10 Å². The van der Waals surface area contributed by atoms with Crippen LogP contribution in [0.25, 0.3) is 11.3 Å². The van der Waals surface area contributed by atoms with E-state index in [0.29, 0.717) is 28.7 Å². The Hall–Kier alpha value is -1.75. The molecule has 16 heavy (non-hydrogen) atoms. The van der Waals surface area contributed by atoms with E-state index in [0.717, 1.165) is 0 Å². The summed E-state index contributed by atoms with van der Waals surface area (Å²) in [6.07, 6.45) is 1.57. The summed E-state index contributed by atoms with van der Waals surface area (Å²) in [5, 5.41) is 8.06. The monoisotopic (exact) mass is 236 g/mol. The zero-order valence-electron chi connectivity index (χ0n) is 8.06. The van der Waals surface area contributed by atoms with Gasteiger partial charge in [-0.2, -0.15) is 0 Å². The lowest BCUT2D eigenvalue weighted by molar-refractivity contribution is 0.628. The van der Waals surface area contributed by atoms with Crippen molar-refractivity contribution in [3.05, 3.63) is 30.2 Å². The smallest absolute Gasteiger partial charge is 0.128 e. The molecule has 2 aromatic rings. The minimum absolute atomic E-state index is 0.320. The molecule has 2 heterocycles. The molecule has 1 aliphatic heterocycles. The largest absolute Gasteiger partial charge is 0.239 e. The molecule has 0 spiro atoms. The molecule has 0 saturated carbocycles. The molecule has 0 aliphatic carbocycles. The summed E-state index contributed by atoms with van der Waals surface area (Å²) in [4.78, 5) is 4.19. The molecule has 6 heteroatoms. The Morgan fingerprint density at radius 3 is 3.12 bits per heavy atom. The molecular weight excluding hydrogens is 231 g/mol. The predicted octanol–water partition coefficient (Wildman–Crippen LogP) is 2.37. The fourth-order valence-corrected chi connectivity index (χ4v) is 1.89. The van der Waals surface area contributed by atoms with Crippen LogP contribution in [-0.2, 0) is 6.54 Å². The number of fused-ring (bicyclic) bond motifs is 3. The van der Waals surface area contributed by atoms with Crippen molar-refractivity contribution in [1.82, 2.24) is 15.0 Å². The maximum Gasteiger partial charge on any atom is 0.128 e. The van der Waals surface area contributed by atoms with Crippen molar-refractivity contribution in [2.45, 2.75) is 6.54 Å². The Kier molecular flexibility index (Phi) is 2.00. The van der Waals surface area contributed by atoms with Crippen LogP contribution in [0.4, 0.5) is 10.1 Å². The van der Waals surface area contributed by atoms with Crippen LogP contribution in [0.2, 0.25) is 0 Å². The van der Waals surface area contributed by atoms with Crippen LogP contribution in [-0.4, -0.2) is 20.2 Å². The number of aliphatic imine (C=N–C) groups is 1. The van der Waals surface area contributed by atoms with Crippen LogP contribution in [0.3, 0.4) is 0 Å². The van der Waals surface area contributed by atoms with Crippen molar-refractivity contribution < 1.29 is 4.39 Å². The highest BCUT2D eigenvalue weighted by Crippen LogP contribution is 2.32.